The highest BCUT2D eigenvalue weighted by Gasteiger charge is 2.33. The molecule has 1 saturated heterocycles. The largest absolute Gasteiger partial charge is 0.416 e. The summed E-state index contributed by atoms with van der Waals surface area (Å²) in [7, 11) is 0. The number of hydrogen-bond acceptors (Lipinski definition) is 5. The molecule has 1 aromatic heterocycles. The van der Waals surface area contributed by atoms with E-state index in [1.54, 1.807) is 6.07 Å². The van der Waals surface area contributed by atoms with E-state index in [4.69, 9.17) is 0 Å². The van der Waals surface area contributed by atoms with Crippen LogP contribution in [0.4, 0.5) is 30.4 Å². The highest BCUT2D eigenvalue weighted by Crippen LogP contribution is 2.49. The van der Waals surface area contributed by atoms with E-state index in [1.165, 1.54) is 23.9 Å². The van der Waals surface area contributed by atoms with E-state index in [9.17, 15) is 13.2 Å². The first-order chi connectivity index (χ1) is 16.0. The third-order valence-electron chi connectivity index (χ3n) is 6.15. The van der Waals surface area contributed by atoms with Crippen LogP contribution in [0, 0.1) is 0 Å². The second kappa shape index (κ2) is 9.27. The molecular weight excluding hydrogens is 445 g/mol. The minimum atomic E-state index is -4.35. The molecule has 0 saturated carbocycles. The Hall–Kier alpha value is -2.71. The molecule has 0 atom stereocenters. The molecule has 0 aliphatic carbocycles. The number of nitrogens with zero attached hydrogens (tertiary/aromatic N) is 4. The second-order valence-corrected chi connectivity index (χ2v) is 9.36. The number of piperazine rings is 1. The van der Waals surface area contributed by atoms with Crippen molar-refractivity contribution in [3.05, 3.63) is 72.4 Å². The van der Waals surface area contributed by atoms with Crippen LogP contribution in [-0.4, -0.2) is 49.2 Å². The van der Waals surface area contributed by atoms with Gasteiger partial charge in [0.05, 0.1) is 16.9 Å². The quantitative estimate of drug-likeness (QED) is 0.461. The van der Waals surface area contributed by atoms with Crippen LogP contribution < -0.4 is 9.80 Å². The standard InChI is InChI=1S/C25H25F3N4S/c26-25(27,28)19-9-10-23-21(18-19)32(20-6-1-2-7-22(20)33-23)13-5-12-30-14-16-31(17-15-30)24-8-3-4-11-29-24/h1-4,6-11,18H,5,12-17H2. The minimum Gasteiger partial charge on any atom is -0.354 e. The van der Waals surface area contributed by atoms with Crippen molar-refractivity contribution in [2.24, 2.45) is 0 Å². The molecule has 0 N–H and O–H groups in total. The zero-order valence-corrected chi connectivity index (χ0v) is 18.9. The summed E-state index contributed by atoms with van der Waals surface area (Å²) in [5, 5.41) is 0. The van der Waals surface area contributed by atoms with Gasteiger partial charge >= 0.3 is 6.18 Å². The lowest BCUT2D eigenvalue weighted by molar-refractivity contribution is -0.137. The number of halogens is 3. The smallest absolute Gasteiger partial charge is 0.354 e. The van der Waals surface area contributed by atoms with Crippen LogP contribution in [0.25, 0.3) is 0 Å². The van der Waals surface area contributed by atoms with Crippen LogP contribution in [0.1, 0.15) is 12.0 Å². The fraction of sp³-hybridized carbons (Fsp3) is 0.320. The molecule has 8 heteroatoms. The number of fused-ring (bicyclic) bond motifs is 2. The van der Waals surface area contributed by atoms with Gasteiger partial charge in [0.15, 0.2) is 0 Å². The fourth-order valence-corrected chi connectivity index (χ4v) is 5.52. The predicted molar refractivity (Wildman–Crippen MR) is 127 cm³/mol. The summed E-state index contributed by atoms with van der Waals surface area (Å²) in [6.45, 7) is 5.36. The zero-order valence-electron chi connectivity index (χ0n) is 18.1. The SMILES string of the molecule is FC(F)(F)c1ccc2c(c1)N(CCCN1CCN(c3ccccn3)CC1)c1ccccc1S2. The maximum Gasteiger partial charge on any atom is 0.416 e. The number of alkyl halides is 3. The van der Waals surface area contributed by atoms with Crippen LogP contribution in [0.2, 0.25) is 0 Å². The Labute approximate surface area is 196 Å². The monoisotopic (exact) mass is 470 g/mol. The van der Waals surface area contributed by atoms with E-state index >= 15 is 0 Å². The summed E-state index contributed by atoms with van der Waals surface area (Å²) in [6.07, 6.45) is -1.66. The van der Waals surface area contributed by atoms with E-state index in [-0.39, 0.29) is 0 Å². The summed E-state index contributed by atoms with van der Waals surface area (Å²) in [5.41, 5.74) is 1.03. The average molecular weight is 471 g/mol. The van der Waals surface area contributed by atoms with Gasteiger partial charge in [-0.1, -0.05) is 30.0 Å². The number of aromatic nitrogens is 1. The average Bonchev–Trinajstić information content (AvgIpc) is 2.83. The lowest BCUT2D eigenvalue weighted by Gasteiger charge is -2.37. The summed E-state index contributed by atoms with van der Waals surface area (Å²) in [4.78, 5) is 13.2. The number of pyridine rings is 1. The van der Waals surface area contributed by atoms with E-state index in [0.717, 1.165) is 60.4 Å². The van der Waals surface area contributed by atoms with Crippen molar-refractivity contribution in [2.45, 2.75) is 22.4 Å². The Bertz CT molecular complexity index is 1100. The Morgan fingerprint density at radius 3 is 2.33 bits per heavy atom. The van der Waals surface area contributed by atoms with Gasteiger partial charge in [0.25, 0.3) is 0 Å². The maximum absolute atomic E-state index is 13.4. The lowest BCUT2D eigenvalue weighted by Crippen LogP contribution is -2.47. The molecule has 1 fully saturated rings. The summed E-state index contributed by atoms with van der Waals surface area (Å²) in [5.74, 6) is 1.01. The number of para-hydroxylation sites is 1. The van der Waals surface area contributed by atoms with Gasteiger partial charge in [0, 0.05) is 48.7 Å². The van der Waals surface area contributed by atoms with E-state index in [0.29, 0.717) is 12.2 Å². The number of rotatable bonds is 5. The van der Waals surface area contributed by atoms with Gasteiger partial charge in [-0.15, -0.1) is 0 Å². The molecule has 0 bridgehead atoms. The third kappa shape index (κ3) is 4.82. The molecule has 33 heavy (non-hydrogen) atoms. The predicted octanol–water partition coefficient (Wildman–Crippen LogP) is 5.92. The Balaban J connectivity index is 1.26. The molecule has 172 valence electrons. The van der Waals surface area contributed by atoms with Crippen LogP contribution >= 0.6 is 11.8 Å². The molecule has 2 aliphatic rings. The van der Waals surface area contributed by atoms with Crippen molar-refractivity contribution in [3.8, 4) is 0 Å². The van der Waals surface area contributed by atoms with Crippen molar-refractivity contribution in [1.29, 1.82) is 0 Å². The fourth-order valence-electron chi connectivity index (χ4n) is 4.44. The van der Waals surface area contributed by atoms with Gasteiger partial charge in [0.2, 0.25) is 0 Å². The van der Waals surface area contributed by atoms with Crippen molar-refractivity contribution < 1.29 is 13.2 Å². The van der Waals surface area contributed by atoms with Crippen LogP contribution in [0.3, 0.4) is 0 Å². The van der Waals surface area contributed by atoms with Gasteiger partial charge in [-0.25, -0.2) is 4.98 Å². The highest BCUT2D eigenvalue weighted by molar-refractivity contribution is 7.99. The van der Waals surface area contributed by atoms with Gasteiger partial charge in [0.1, 0.15) is 5.82 Å². The van der Waals surface area contributed by atoms with E-state index in [1.807, 2.05) is 48.7 Å². The van der Waals surface area contributed by atoms with Crippen molar-refractivity contribution in [1.82, 2.24) is 9.88 Å². The van der Waals surface area contributed by atoms with Crippen molar-refractivity contribution >= 4 is 29.0 Å². The molecule has 4 nitrogen and oxygen atoms in total. The molecule has 2 aromatic carbocycles. The molecule has 5 rings (SSSR count). The lowest BCUT2D eigenvalue weighted by atomic mass is 10.1. The molecule has 0 radical (unpaired) electrons. The van der Waals surface area contributed by atoms with E-state index < -0.39 is 11.7 Å². The van der Waals surface area contributed by atoms with Gasteiger partial charge in [-0.2, -0.15) is 13.2 Å². The van der Waals surface area contributed by atoms with Crippen LogP contribution in [-0.2, 0) is 6.18 Å². The first-order valence-electron chi connectivity index (χ1n) is 11.1. The molecule has 3 heterocycles. The topological polar surface area (TPSA) is 22.6 Å². The van der Waals surface area contributed by atoms with Gasteiger partial charge in [-0.05, 0) is 55.4 Å². The third-order valence-corrected chi connectivity index (χ3v) is 7.28. The molecule has 0 amide bonds. The van der Waals surface area contributed by atoms with E-state index in [2.05, 4.69) is 19.7 Å². The zero-order chi connectivity index (χ0) is 22.8. The molecule has 0 unspecified atom stereocenters. The molecule has 3 aromatic rings. The second-order valence-electron chi connectivity index (χ2n) is 8.27. The maximum atomic E-state index is 13.4. The van der Waals surface area contributed by atoms with Crippen molar-refractivity contribution in [2.75, 3.05) is 49.1 Å². The summed E-state index contributed by atoms with van der Waals surface area (Å²) < 4.78 is 40.2. The Morgan fingerprint density at radius 2 is 1.58 bits per heavy atom. The molecule has 2 aliphatic heterocycles. The Kier molecular flexibility index (Phi) is 6.21. The van der Waals surface area contributed by atoms with Crippen LogP contribution in [0.5, 0.6) is 0 Å². The van der Waals surface area contributed by atoms with Crippen LogP contribution in [0.15, 0.2) is 76.7 Å². The first-order valence-corrected chi connectivity index (χ1v) is 11.9. The Morgan fingerprint density at radius 1 is 0.818 bits per heavy atom. The normalized spacial score (nSPS) is 16.5. The number of hydrogen-bond donors (Lipinski definition) is 0. The molecule has 0 spiro atoms. The summed E-state index contributed by atoms with van der Waals surface area (Å²) in [6, 6.07) is 18.0. The van der Waals surface area contributed by atoms with Gasteiger partial charge in [-0.3, -0.25) is 4.90 Å². The minimum absolute atomic E-state index is 0.600. The van der Waals surface area contributed by atoms with Gasteiger partial charge < -0.3 is 9.80 Å². The number of benzene rings is 2. The highest BCUT2D eigenvalue weighted by atomic mass is 32.2. The first kappa shape index (κ1) is 22.1. The summed E-state index contributed by atoms with van der Waals surface area (Å²) >= 11 is 1.53. The molecular formula is C25H25F3N4S. The van der Waals surface area contributed by atoms with Crippen molar-refractivity contribution in [3.63, 3.8) is 0 Å². The number of anilines is 3.